The summed E-state index contributed by atoms with van der Waals surface area (Å²) in [7, 11) is 0. The van der Waals surface area contributed by atoms with Gasteiger partial charge in [0.25, 0.3) is 0 Å². The molecule has 116 valence electrons. The highest BCUT2D eigenvalue weighted by Crippen LogP contribution is 2.32. The topological polar surface area (TPSA) is 29.3 Å². The van der Waals surface area contributed by atoms with Crippen molar-refractivity contribution in [3.63, 3.8) is 0 Å². The van der Waals surface area contributed by atoms with Gasteiger partial charge in [0.05, 0.1) is 0 Å². The Labute approximate surface area is 122 Å². The molecule has 0 saturated carbocycles. The maximum absolute atomic E-state index is 5.76. The largest absolute Gasteiger partial charge is 0.330 e. The van der Waals surface area contributed by atoms with Gasteiger partial charge in [0.1, 0.15) is 0 Å². The molecule has 0 rings (SSSR count). The van der Waals surface area contributed by atoms with Gasteiger partial charge in [-0.25, -0.2) is 0 Å². The Hall–Kier alpha value is -0.0800. The van der Waals surface area contributed by atoms with E-state index in [9.17, 15) is 0 Å². The maximum atomic E-state index is 5.76. The number of nitrogens with two attached hydrogens (primary N) is 1. The molecule has 2 heteroatoms. The SMILES string of the molecule is CC(C)CN(CCCC(CCN)C(C)(C)C)C(C)C. The highest BCUT2D eigenvalue weighted by atomic mass is 15.1. The average molecular weight is 271 g/mol. The van der Waals surface area contributed by atoms with Crippen LogP contribution in [0.2, 0.25) is 0 Å². The van der Waals surface area contributed by atoms with Crippen molar-refractivity contribution in [2.45, 2.75) is 73.8 Å². The van der Waals surface area contributed by atoms with Gasteiger partial charge < -0.3 is 10.6 Å². The maximum Gasteiger partial charge on any atom is 0.00387 e. The van der Waals surface area contributed by atoms with Gasteiger partial charge in [0.15, 0.2) is 0 Å². The summed E-state index contributed by atoms with van der Waals surface area (Å²) in [5.74, 6) is 1.51. The van der Waals surface area contributed by atoms with E-state index >= 15 is 0 Å². The third kappa shape index (κ3) is 8.65. The fourth-order valence-electron chi connectivity index (χ4n) is 2.78. The summed E-state index contributed by atoms with van der Waals surface area (Å²) in [4.78, 5) is 2.62. The third-order valence-electron chi connectivity index (χ3n) is 4.07. The molecule has 2 nitrogen and oxygen atoms in total. The van der Waals surface area contributed by atoms with Crippen LogP contribution in [0.3, 0.4) is 0 Å². The minimum absolute atomic E-state index is 0.389. The monoisotopic (exact) mass is 270 g/mol. The standard InChI is InChI=1S/C17H38N2/c1-14(2)13-19(15(3)4)12-8-9-16(10-11-18)17(5,6)7/h14-16H,8-13,18H2,1-7H3. The first kappa shape index (κ1) is 18.9. The van der Waals surface area contributed by atoms with Crippen LogP contribution in [0.5, 0.6) is 0 Å². The van der Waals surface area contributed by atoms with Crippen LogP contribution in [0.1, 0.15) is 67.7 Å². The lowest BCUT2D eigenvalue weighted by molar-refractivity contribution is 0.167. The predicted octanol–water partition coefficient (Wildman–Crippen LogP) is 4.14. The third-order valence-corrected chi connectivity index (χ3v) is 4.07. The molecule has 0 aromatic heterocycles. The summed E-state index contributed by atoms with van der Waals surface area (Å²) in [6, 6.07) is 0.657. The van der Waals surface area contributed by atoms with Crippen LogP contribution in [-0.2, 0) is 0 Å². The summed E-state index contributed by atoms with van der Waals surface area (Å²) < 4.78 is 0. The van der Waals surface area contributed by atoms with Crippen molar-refractivity contribution in [3.05, 3.63) is 0 Å². The zero-order valence-electron chi connectivity index (χ0n) is 14.5. The van der Waals surface area contributed by atoms with E-state index in [0.29, 0.717) is 11.5 Å². The van der Waals surface area contributed by atoms with E-state index in [1.807, 2.05) is 0 Å². The highest BCUT2D eigenvalue weighted by Gasteiger charge is 2.23. The van der Waals surface area contributed by atoms with E-state index in [-0.39, 0.29) is 0 Å². The van der Waals surface area contributed by atoms with E-state index in [0.717, 1.165) is 24.8 Å². The molecule has 0 aliphatic rings. The van der Waals surface area contributed by atoms with Gasteiger partial charge in [0.2, 0.25) is 0 Å². The van der Waals surface area contributed by atoms with Crippen LogP contribution in [-0.4, -0.2) is 30.6 Å². The number of nitrogens with zero attached hydrogens (tertiary/aromatic N) is 1. The summed E-state index contributed by atoms with van der Waals surface area (Å²) in [6.07, 6.45) is 3.77. The molecule has 1 unspecified atom stereocenters. The van der Waals surface area contributed by atoms with Gasteiger partial charge >= 0.3 is 0 Å². The number of hydrogen-bond donors (Lipinski definition) is 1. The molecule has 2 N–H and O–H groups in total. The van der Waals surface area contributed by atoms with E-state index in [1.165, 1.54) is 25.9 Å². The van der Waals surface area contributed by atoms with E-state index < -0.39 is 0 Å². The highest BCUT2D eigenvalue weighted by molar-refractivity contribution is 4.75. The van der Waals surface area contributed by atoms with Gasteiger partial charge in [-0.1, -0.05) is 34.6 Å². The second kappa shape index (κ2) is 8.97. The van der Waals surface area contributed by atoms with Gasteiger partial charge in [-0.05, 0) is 63.5 Å². The first-order valence-electron chi connectivity index (χ1n) is 8.12. The van der Waals surface area contributed by atoms with Crippen molar-refractivity contribution in [3.8, 4) is 0 Å². The molecule has 0 saturated heterocycles. The van der Waals surface area contributed by atoms with Gasteiger partial charge in [-0.2, -0.15) is 0 Å². The zero-order valence-corrected chi connectivity index (χ0v) is 14.5. The lowest BCUT2D eigenvalue weighted by Gasteiger charge is -2.33. The van der Waals surface area contributed by atoms with Crippen molar-refractivity contribution in [1.29, 1.82) is 0 Å². The van der Waals surface area contributed by atoms with Gasteiger partial charge in [0, 0.05) is 12.6 Å². The zero-order chi connectivity index (χ0) is 15.1. The number of rotatable bonds is 9. The summed E-state index contributed by atoms with van der Waals surface area (Å²) in [5.41, 5.74) is 6.15. The molecule has 0 bridgehead atoms. The van der Waals surface area contributed by atoms with Crippen molar-refractivity contribution in [2.24, 2.45) is 23.0 Å². The Morgan fingerprint density at radius 3 is 1.95 bits per heavy atom. The minimum Gasteiger partial charge on any atom is -0.330 e. The van der Waals surface area contributed by atoms with Crippen LogP contribution in [0, 0.1) is 17.3 Å². The van der Waals surface area contributed by atoms with E-state index in [2.05, 4.69) is 53.4 Å². The van der Waals surface area contributed by atoms with Gasteiger partial charge in [-0.3, -0.25) is 0 Å². The Morgan fingerprint density at radius 1 is 1.00 bits per heavy atom. The summed E-state index contributed by atoms with van der Waals surface area (Å²) >= 11 is 0. The average Bonchev–Trinajstić information content (AvgIpc) is 2.24. The van der Waals surface area contributed by atoms with E-state index in [4.69, 9.17) is 5.73 Å². The predicted molar refractivity (Wildman–Crippen MR) is 87.4 cm³/mol. The van der Waals surface area contributed by atoms with Crippen LogP contribution >= 0.6 is 0 Å². The molecular formula is C17H38N2. The Balaban J connectivity index is 4.21. The lowest BCUT2D eigenvalue weighted by Crippen LogP contribution is -2.35. The molecule has 1 atom stereocenters. The molecule has 0 aliphatic carbocycles. The van der Waals surface area contributed by atoms with Crippen LogP contribution < -0.4 is 5.73 Å². The molecule has 0 heterocycles. The molecule has 0 aromatic carbocycles. The fraction of sp³-hybridized carbons (Fsp3) is 1.00. The smallest absolute Gasteiger partial charge is 0.00387 e. The molecule has 0 radical (unpaired) electrons. The summed E-state index contributed by atoms with van der Waals surface area (Å²) in [6.45, 7) is 19.5. The Morgan fingerprint density at radius 2 is 1.58 bits per heavy atom. The van der Waals surface area contributed by atoms with Crippen molar-refractivity contribution >= 4 is 0 Å². The lowest BCUT2D eigenvalue weighted by atomic mass is 9.76. The molecular weight excluding hydrogens is 232 g/mol. The molecule has 0 aromatic rings. The quantitative estimate of drug-likeness (QED) is 0.682. The van der Waals surface area contributed by atoms with Crippen LogP contribution in [0.4, 0.5) is 0 Å². The fourth-order valence-corrected chi connectivity index (χ4v) is 2.78. The molecule has 0 spiro atoms. The van der Waals surface area contributed by atoms with Crippen molar-refractivity contribution in [2.75, 3.05) is 19.6 Å². The van der Waals surface area contributed by atoms with Crippen molar-refractivity contribution < 1.29 is 0 Å². The Kier molecular flexibility index (Phi) is 8.93. The normalized spacial score (nSPS) is 14.7. The first-order chi connectivity index (χ1) is 8.68. The minimum atomic E-state index is 0.389. The first-order valence-corrected chi connectivity index (χ1v) is 8.12. The second-order valence-electron chi connectivity index (χ2n) is 7.77. The van der Waals surface area contributed by atoms with Gasteiger partial charge in [-0.15, -0.1) is 0 Å². The number of hydrogen-bond acceptors (Lipinski definition) is 2. The molecule has 0 aliphatic heterocycles. The van der Waals surface area contributed by atoms with Crippen LogP contribution in [0.25, 0.3) is 0 Å². The molecule has 0 amide bonds. The van der Waals surface area contributed by atoms with Crippen molar-refractivity contribution in [1.82, 2.24) is 4.90 Å². The molecule has 19 heavy (non-hydrogen) atoms. The van der Waals surface area contributed by atoms with Crippen LogP contribution in [0.15, 0.2) is 0 Å². The Bertz CT molecular complexity index is 216. The van der Waals surface area contributed by atoms with E-state index in [1.54, 1.807) is 0 Å². The second-order valence-corrected chi connectivity index (χ2v) is 7.77. The summed E-state index contributed by atoms with van der Waals surface area (Å²) in [5, 5.41) is 0. The molecule has 0 fully saturated rings.